The Balaban J connectivity index is 0.000000845. The van der Waals surface area contributed by atoms with Gasteiger partial charge in [-0.05, 0) is 18.8 Å². The molecule has 0 nitrogen and oxygen atoms in total. The number of rotatable bonds is 1. The molecule has 1 aromatic rings. The van der Waals surface area contributed by atoms with Crippen LogP contribution < -0.4 is 17.0 Å². The number of benzene rings is 1. The van der Waals surface area contributed by atoms with Crippen LogP contribution in [-0.2, 0) is 0 Å². The fourth-order valence-electron chi connectivity index (χ4n) is 2.11. The van der Waals surface area contributed by atoms with E-state index in [0.717, 1.165) is 5.92 Å². The van der Waals surface area contributed by atoms with Gasteiger partial charge in [-0.2, -0.15) is 35.9 Å². The van der Waals surface area contributed by atoms with Crippen molar-refractivity contribution in [2.75, 3.05) is 0 Å². The summed E-state index contributed by atoms with van der Waals surface area (Å²) in [6, 6.07) is 11.6. The molecule has 0 radical (unpaired) electrons. The van der Waals surface area contributed by atoms with Crippen molar-refractivity contribution in [3.63, 3.8) is 0 Å². The van der Waals surface area contributed by atoms with E-state index < -0.39 is 0 Å². The number of hydrogen-bond acceptors (Lipinski definition) is 0. The first-order chi connectivity index (χ1) is 5.97. The van der Waals surface area contributed by atoms with Gasteiger partial charge in [0.2, 0.25) is 0 Å². The first-order valence-electron chi connectivity index (χ1n) is 4.93. The fourth-order valence-corrected chi connectivity index (χ4v) is 2.11. The van der Waals surface area contributed by atoms with E-state index in [1.165, 1.54) is 37.7 Å². The van der Waals surface area contributed by atoms with Gasteiger partial charge in [-0.25, -0.2) is 0 Å². The largest absolute Gasteiger partial charge is 2.00 e. The summed E-state index contributed by atoms with van der Waals surface area (Å²) in [6.07, 6.45) is 7.07. The summed E-state index contributed by atoms with van der Waals surface area (Å²) in [5.41, 5.74) is 1.52. The molecule has 1 aliphatic rings. The molecule has 0 saturated heterocycles. The first kappa shape index (κ1) is 14.5. The second kappa shape index (κ2) is 7.72. The Kier molecular flexibility index (Phi) is 7.98. The molecule has 2 heteroatoms. The summed E-state index contributed by atoms with van der Waals surface area (Å²) in [4.78, 5) is 0. The molecule has 0 N–H and O–H groups in total. The molecule has 72 valence electrons. The molecule has 14 heavy (non-hydrogen) atoms. The van der Waals surface area contributed by atoms with Crippen LogP contribution in [0.5, 0.6) is 0 Å². The van der Waals surface area contributed by atoms with E-state index in [0.29, 0.717) is 0 Å². The van der Waals surface area contributed by atoms with Crippen LogP contribution in [0.2, 0.25) is 0 Å². The fraction of sp³-hybridized carbons (Fsp3) is 0.500. The van der Waals surface area contributed by atoms with E-state index in [1.807, 2.05) is 12.1 Å². The van der Waals surface area contributed by atoms with E-state index in [1.54, 1.807) is 0 Å². The first-order valence-corrected chi connectivity index (χ1v) is 4.93. The predicted octanol–water partition coefficient (Wildman–Crippen LogP) is 0.158. The second-order valence-corrected chi connectivity index (χ2v) is 3.67. The minimum atomic E-state index is 0. The molecule has 0 spiro atoms. The molecule has 0 aliphatic heterocycles. The Morgan fingerprint density at radius 3 is 2.14 bits per heavy atom. The summed E-state index contributed by atoms with van der Waals surface area (Å²) < 4.78 is 0. The van der Waals surface area contributed by atoms with E-state index in [-0.39, 0.29) is 40.0 Å². The molecular weight excluding hydrogens is 248 g/mol. The number of halogens is 1. The van der Waals surface area contributed by atoms with E-state index in [9.17, 15) is 0 Å². The van der Waals surface area contributed by atoms with Gasteiger partial charge in [0.1, 0.15) is 0 Å². The SMILES string of the molecule is [Br-].[Mg+2].[c-]1ccc(C2CCCCC2)cc1. The van der Waals surface area contributed by atoms with Crippen LogP contribution in [0.15, 0.2) is 24.3 Å². The summed E-state index contributed by atoms with van der Waals surface area (Å²) in [5.74, 6) is 0.841. The van der Waals surface area contributed by atoms with Gasteiger partial charge >= 0.3 is 23.1 Å². The van der Waals surface area contributed by atoms with Crippen molar-refractivity contribution in [2.24, 2.45) is 0 Å². The summed E-state index contributed by atoms with van der Waals surface area (Å²) >= 11 is 0. The third-order valence-electron chi connectivity index (χ3n) is 2.82. The zero-order valence-electron chi connectivity index (χ0n) is 8.51. The Morgan fingerprint density at radius 2 is 1.57 bits per heavy atom. The van der Waals surface area contributed by atoms with Crippen molar-refractivity contribution in [2.45, 2.75) is 38.0 Å². The summed E-state index contributed by atoms with van der Waals surface area (Å²) in [5, 5.41) is 0. The Morgan fingerprint density at radius 1 is 1.00 bits per heavy atom. The molecule has 2 rings (SSSR count). The Bertz CT molecular complexity index is 229. The van der Waals surface area contributed by atoms with Gasteiger partial charge in [0.25, 0.3) is 0 Å². The average Bonchev–Trinajstić information content (AvgIpc) is 2.21. The van der Waals surface area contributed by atoms with Crippen molar-refractivity contribution in [1.29, 1.82) is 0 Å². The van der Waals surface area contributed by atoms with Gasteiger partial charge in [-0.1, -0.05) is 19.3 Å². The number of hydrogen-bond donors (Lipinski definition) is 0. The smallest absolute Gasteiger partial charge is 1.00 e. The maximum atomic E-state index is 3.07. The molecule has 0 bridgehead atoms. The third kappa shape index (κ3) is 3.91. The standard InChI is InChI=1S/C12H15.BrH.Mg/c1-3-7-11(8-4-1)12-9-5-2-6-10-12;;/h5-6,9-11H,1,3-4,7-8H2;1H;/q-1;;+2/p-1. The summed E-state index contributed by atoms with van der Waals surface area (Å²) in [6.45, 7) is 0. The van der Waals surface area contributed by atoms with Gasteiger partial charge in [0, 0.05) is 0 Å². The Labute approximate surface area is 113 Å². The molecule has 1 aromatic carbocycles. The zero-order chi connectivity index (χ0) is 8.23. The van der Waals surface area contributed by atoms with Crippen molar-refractivity contribution in [3.8, 4) is 0 Å². The maximum absolute atomic E-state index is 3.07. The normalized spacial score (nSPS) is 16.6. The van der Waals surface area contributed by atoms with E-state index in [4.69, 9.17) is 0 Å². The maximum Gasteiger partial charge on any atom is 2.00 e. The minimum Gasteiger partial charge on any atom is -1.00 e. The third-order valence-corrected chi connectivity index (χ3v) is 2.82. The minimum absolute atomic E-state index is 0. The quantitative estimate of drug-likeness (QED) is 0.500. The average molecular weight is 263 g/mol. The molecule has 0 aromatic heterocycles. The van der Waals surface area contributed by atoms with Crippen LogP contribution in [0.4, 0.5) is 0 Å². The second-order valence-electron chi connectivity index (χ2n) is 3.67. The van der Waals surface area contributed by atoms with Gasteiger partial charge in [0.05, 0.1) is 0 Å². The molecule has 1 saturated carbocycles. The predicted molar refractivity (Wildman–Crippen MR) is 56.9 cm³/mol. The van der Waals surface area contributed by atoms with E-state index in [2.05, 4.69) is 18.2 Å². The van der Waals surface area contributed by atoms with Crippen LogP contribution in [0.3, 0.4) is 0 Å². The monoisotopic (exact) mass is 262 g/mol. The van der Waals surface area contributed by atoms with Gasteiger partial charge in [-0.15, -0.1) is 0 Å². The van der Waals surface area contributed by atoms with Crippen LogP contribution in [0.25, 0.3) is 0 Å². The van der Waals surface area contributed by atoms with Gasteiger partial charge in [0.15, 0.2) is 0 Å². The molecule has 0 atom stereocenters. The van der Waals surface area contributed by atoms with Crippen LogP contribution >= 0.6 is 0 Å². The molecule has 0 heterocycles. The Hall–Kier alpha value is 0.466. The van der Waals surface area contributed by atoms with Crippen molar-refractivity contribution in [1.82, 2.24) is 0 Å². The molecule has 1 fully saturated rings. The van der Waals surface area contributed by atoms with Crippen LogP contribution in [-0.4, -0.2) is 23.1 Å². The van der Waals surface area contributed by atoms with Gasteiger partial charge < -0.3 is 17.0 Å². The van der Waals surface area contributed by atoms with Crippen molar-refractivity contribution in [3.05, 3.63) is 35.9 Å². The molecule has 0 unspecified atom stereocenters. The van der Waals surface area contributed by atoms with Gasteiger partial charge in [-0.3, -0.25) is 0 Å². The zero-order valence-corrected chi connectivity index (χ0v) is 11.5. The molecule has 0 amide bonds. The van der Waals surface area contributed by atoms with Crippen LogP contribution in [0.1, 0.15) is 43.6 Å². The molecular formula is C12H15BrMg. The molecule has 1 aliphatic carbocycles. The van der Waals surface area contributed by atoms with Crippen molar-refractivity contribution < 1.29 is 17.0 Å². The topological polar surface area (TPSA) is 0 Å². The summed E-state index contributed by atoms with van der Waals surface area (Å²) in [7, 11) is 0. The van der Waals surface area contributed by atoms with E-state index >= 15 is 0 Å². The van der Waals surface area contributed by atoms with Crippen molar-refractivity contribution >= 4 is 23.1 Å². The van der Waals surface area contributed by atoms with Crippen LogP contribution in [0, 0.1) is 6.07 Å².